The Morgan fingerprint density at radius 3 is 2.38 bits per heavy atom. The predicted molar refractivity (Wildman–Crippen MR) is 55.8 cm³/mol. The molecule has 0 spiro atoms. The van der Waals surface area contributed by atoms with Crippen molar-refractivity contribution < 1.29 is 4.39 Å². The lowest BCUT2D eigenvalue weighted by molar-refractivity contribution is 0.270. The van der Waals surface area contributed by atoms with E-state index in [2.05, 4.69) is 31.0 Å². The van der Waals surface area contributed by atoms with Gasteiger partial charge in [-0.25, -0.2) is 0 Å². The molecule has 2 nitrogen and oxygen atoms in total. The fourth-order valence-electron chi connectivity index (χ4n) is 1.35. The van der Waals surface area contributed by atoms with Crippen molar-refractivity contribution in [1.29, 1.82) is 0 Å². The SMILES string of the molecule is CCN(CC)CC(C)NCCCF. The van der Waals surface area contributed by atoms with Gasteiger partial charge in [0.05, 0.1) is 6.67 Å². The van der Waals surface area contributed by atoms with Crippen molar-refractivity contribution in [3.63, 3.8) is 0 Å². The van der Waals surface area contributed by atoms with Crippen LogP contribution in [0.2, 0.25) is 0 Å². The van der Waals surface area contributed by atoms with Crippen LogP contribution in [-0.4, -0.2) is 43.8 Å². The first-order valence-electron chi connectivity index (χ1n) is 5.26. The monoisotopic (exact) mass is 190 g/mol. The summed E-state index contributed by atoms with van der Waals surface area (Å²) in [5.41, 5.74) is 0. The number of alkyl halides is 1. The van der Waals surface area contributed by atoms with Crippen LogP contribution < -0.4 is 5.32 Å². The molecule has 3 heteroatoms. The molecule has 0 aromatic heterocycles. The summed E-state index contributed by atoms with van der Waals surface area (Å²) in [6.45, 7) is 10.3. The van der Waals surface area contributed by atoms with Gasteiger partial charge in [-0.05, 0) is 33.0 Å². The second-order valence-corrected chi connectivity index (χ2v) is 3.38. The van der Waals surface area contributed by atoms with Crippen molar-refractivity contribution in [1.82, 2.24) is 10.2 Å². The molecule has 0 rings (SSSR count). The standard InChI is InChI=1S/C10H23FN2/c1-4-13(5-2)9-10(3)12-8-6-7-11/h10,12H,4-9H2,1-3H3. The Labute approximate surface area is 81.5 Å². The molecule has 0 aromatic carbocycles. The van der Waals surface area contributed by atoms with Gasteiger partial charge in [0, 0.05) is 12.6 Å². The lowest BCUT2D eigenvalue weighted by Gasteiger charge is -2.23. The third-order valence-corrected chi connectivity index (χ3v) is 2.23. The number of halogens is 1. The van der Waals surface area contributed by atoms with Crippen molar-refractivity contribution in [2.45, 2.75) is 33.2 Å². The van der Waals surface area contributed by atoms with Gasteiger partial charge in [-0.15, -0.1) is 0 Å². The molecule has 0 aliphatic heterocycles. The average molecular weight is 190 g/mol. The van der Waals surface area contributed by atoms with Crippen LogP contribution in [-0.2, 0) is 0 Å². The lowest BCUT2D eigenvalue weighted by Crippen LogP contribution is -2.39. The number of nitrogens with one attached hydrogen (secondary N) is 1. The maximum absolute atomic E-state index is 11.8. The molecule has 1 unspecified atom stereocenters. The highest BCUT2D eigenvalue weighted by atomic mass is 19.1. The molecule has 0 saturated heterocycles. The third-order valence-electron chi connectivity index (χ3n) is 2.23. The molecule has 0 fully saturated rings. The van der Waals surface area contributed by atoms with E-state index in [1.165, 1.54) is 0 Å². The zero-order valence-corrected chi connectivity index (χ0v) is 9.15. The minimum absolute atomic E-state index is 0.217. The van der Waals surface area contributed by atoms with E-state index in [0.29, 0.717) is 12.5 Å². The van der Waals surface area contributed by atoms with Crippen molar-refractivity contribution >= 4 is 0 Å². The normalized spacial score (nSPS) is 13.6. The molecule has 0 heterocycles. The Kier molecular flexibility index (Phi) is 8.35. The highest BCUT2D eigenvalue weighted by molar-refractivity contribution is 4.65. The van der Waals surface area contributed by atoms with Gasteiger partial charge in [-0.2, -0.15) is 0 Å². The fraction of sp³-hybridized carbons (Fsp3) is 1.00. The van der Waals surface area contributed by atoms with Crippen LogP contribution in [0.1, 0.15) is 27.2 Å². The second kappa shape index (κ2) is 8.45. The van der Waals surface area contributed by atoms with Crippen LogP contribution in [0.5, 0.6) is 0 Å². The average Bonchev–Trinajstić information content (AvgIpc) is 2.14. The smallest absolute Gasteiger partial charge is 0.0906 e. The van der Waals surface area contributed by atoms with E-state index in [1.54, 1.807) is 0 Å². The summed E-state index contributed by atoms with van der Waals surface area (Å²) in [5.74, 6) is 0. The zero-order chi connectivity index (χ0) is 10.1. The van der Waals surface area contributed by atoms with E-state index in [9.17, 15) is 4.39 Å². The molecule has 0 bridgehead atoms. The number of rotatable bonds is 8. The highest BCUT2D eigenvalue weighted by Gasteiger charge is 2.05. The van der Waals surface area contributed by atoms with Crippen molar-refractivity contribution in [2.24, 2.45) is 0 Å². The third kappa shape index (κ3) is 6.96. The van der Waals surface area contributed by atoms with Gasteiger partial charge in [0.25, 0.3) is 0 Å². The first kappa shape index (κ1) is 12.8. The molecule has 13 heavy (non-hydrogen) atoms. The number of hydrogen-bond donors (Lipinski definition) is 1. The highest BCUT2D eigenvalue weighted by Crippen LogP contribution is 1.91. The van der Waals surface area contributed by atoms with Gasteiger partial charge < -0.3 is 10.2 Å². The Hall–Kier alpha value is -0.150. The summed E-state index contributed by atoms with van der Waals surface area (Å²) in [6.07, 6.45) is 0.628. The van der Waals surface area contributed by atoms with Gasteiger partial charge in [0.1, 0.15) is 0 Å². The summed E-state index contributed by atoms with van der Waals surface area (Å²) in [6, 6.07) is 0.464. The Morgan fingerprint density at radius 1 is 1.31 bits per heavy atom. The molecule has 1 atom stereocenters. The summed E-state index contributed by atoms with van der Waals surface area (Å²) in [5, 5.41) is 3.30. The minimum atomic E-state index is -0.217. The Bertz CT molecular complexity index is 105. The van der Waals surface area contributed by atoms with Crippen LogP contribution in [0.15, 0.2) is 0 Å². The molecule has 80 valence electrons. The molecule has 1 N–H and O–H groups in total. The van der Waals surface area contributed by atoms with E-state index in [4.69, 9.17) is 0 Å². The molecular formula is C10H23FN2. The van der Waals surface area contributed by atoms with Crippen LogP contribution >= 0.6 is 0 Å². The summed E-state index contributed by atoms with van der Waals surface area (Å²) in [7, 11) is 0. The Balaban J connectivity index is 3.42. The lowest BCUT2D eigenvalue weighted by atomic mass is 10.3. The summed E-state index contributed by atoms with van der Waals surface area (Å²) in [4.78, 5) is 2.37. The van der Waals surface area contributed by atoms with Crippen LogP contribution in [0.25, 0.3) is 0 Å². The summed E-state index contributed by atoms with van der Waals surface area (Å²) < 4.78 is 11.8. The van der Waals surface area contributed by atoms with E-state index >= 15 is 0 Å². The second-order valence-electron chi connectivity index (χ2n) is 3.38. The minimum Gasteiger partial charge on any atom is -0.313 e. The predicted octanol–water partition coefficient (Wildman–Crippen LogP) is 1.67. The Morgan fingerprint density at radius 2 is 1.92 bits per heavy atom. The van der Waals surface area contributed by atoms with E-state index < -0.39 is 0 Å². The van der Waals surface area contributed by atoms with Crippen molar-refractivity contribution in [3.05, 3.63) is 0 Å². The quantitative estimate of drug-likeness (QED) is 0.586. The van der Waals surface area contributed by atoms with Crippen molar-refractivity contribution in [2.75, 3.05) is 32.9 Å². The van der Waals surface area contributed by atoms with Crippen LogP contribution in [0.4, 0.5) is 4.39 Å². The van der Waals surface area contributed by atoms with E-state index in [-0.39, 0.29) is 6.67 Å². The zero-order valence-electron chi connectivity index (χ0n) is 9.15. The molecule has 0 amide bonds. The molecule has 0 saturated carbocycles. The maximum Gasteiger partial charge on any atom is 0.0906 e. The number of hydrogen-bond acceptors (Lipinski definition) is 2. The first-order valence-corrected chi connectivity index (χ1v) is 5.26. The molecule has 0 aromatic rings. The van der Waals surface area contributed by atoms with E-state index in [1.807, 2.05) is 0 Å². The van der Waals surface area contributed by atoms with Crippen molar-refractivity contribution in [3.8, 4) is 0 Å². The fourth-order valence-corrected chi connectivity index (χ4v) is 1.35. The van der Waals surface area contributed by atoms with Gasteiger partial charge in [0.15, 0.2) is 0 Å². The number of nitrogens with zero attached hydrogens (tertiary/aromatic N) is 1. The molecule has 0 aliphatic carbocycles. The van der Waals surface area contributed by atoms with Crippen LogP contribution in [0.3, 0.4) is 0 Å². The topological polar surface area (TPSA) is 15.3 Å². The van der Waals surface area contributed by atoms with Gasteiger partial charge >= 0.3 is 0 Å². The molecule has 0 aliphatic rings. The van der Waals surface area contributed by atoms with Crippen LogP contribution in [0, 0.1) is 0 Å². The number of likely N-dealkylation sites (N-methyl/N-ethyl adjacent to an activating group) is 1. The van der Waals surface area contributed by atoms with Gasteiger partial charge in [-0.3, -0.25) is 4.39 Å². The first-order chi connectivity index (χ1) is 6.24. The molecule has 0 radical (unpaired) electrons. The summed E-state index contributed by atoms with van der Waals surface area (Å²) >= 11 is 0. The van der Waals surface area contributed by atoms with E-state index in [0.717, 1.165) is 26.2 Å². The van der Waals surface area contributed by atoms with Gasteiger partial charge in [-0.1, -0.05) is 13.8 Å². The largest absolute Gasteiger partial charge is 0.313 e. The molecular weight excluding hydrogens is 167 g/mol. The maximum atomic E-state index is 11.8. The van der Waals surface area contributed by atoms with Gasteiger partial charge in [0.2, 0.25) is 0 Å².